The van der Waals surface area contributed by atoms with Crippen LogP contribution in [-0.2, 0) is 0 Å². The van der Waals surface area contributed by atoms with E-state index in [4.69, 9.17) is 9.97 Å². The van der Waals surface area contributed by atoms with Gasteiger partial charge in [-0.15, -0.1) is 0 Å². The van der Waals surface area contributed by atoms with Crippen molar-refractivity contribution in [2.24, 2.45) is 0 Å². The van der Waals surface area contributed by atoms with Crippen LogP contribution >= 0.6 is 0 Å². The summed E-state index contributed by atoms with van der Waals surface area (Å²) in [5, 5.41) is 9.70. The van der Waals surface area contributed by atoms with E-state index in [-0.39, 0.29) is 0 Å². The van der Waals surface area contributed by atoms with Gasteiger partial charge in [0, 0.05) is 28.3 Å². The lowest BCUT2D eigenvalue weighted by Gasteiger charge is -2.14. The third kappa shape index (κ3) is 5.94. The summed E-state index contributed by atoms with van der Waals surface area (Å²) >= 11 is 0. The van der Waals surface area contributed by atoms with E-state index in [9.17, 15) is 0 Å². The molecule has 11 rings (SSSR count). The maximum Gasteiger partial charge on any atom is 0.160 e. The average molecular weight is 726 g/mol. The van der Waals surface area contributed by atoms with Gasteiger partial charge in [0.1, 0.15) is 0 Å². The molecule has 2 heterocycles. The van der Waals surface area contributed by atoms with Gasteiger partial charge in [-0.1, -0.05) is 176 Å². The number of aromatic nitrogens is 3. The van der Waals surface area contributed by atoms with Crippen LogP contribution in [-0.4, -0.2) is 15.0 Å². The lowest BCUT2D eigenvalue weighted by atomic mass is 9.94. The van der Waals surface area contributed by atoms with Gasteiger partial charge in [-0.25, -0.2) is 9.97 Å². The molecule has 0 aliphatic carbocycles. The van der Waals surface area contributed by atoms with Crippen LogP contribution in [0.15, 0.2) is 206 Å². The van der Waals surface area contributed by atoms with Gasteiger partial charge in [0.15, 0.2) is 5.82 Å². The molecule has 11 aromatic rings. The summed E-state index contributed by atoms with van der Waals surface area (Å²) < 4.78 is 0. The predicted molar refractivity (Wildman–Crippen MR) is 239 cm³/mol. The highest BCUT2D eigenvalue weighted by Crippen LogP contribution is 2.38. The first-order valence-electron chi connectivity index (χ1n) is 19.4. The van der Waals surface area contributed by atoms with Crippen molar-refractivity contribution in [1.29, 1.82) is 0 Å². The summed E-state index contributed by atoms with van der Waals surface area (Å²) in [6, 6.07) is 71.5. The van der Waals surface area contributed by atoms with E-state index >= 15 is 0 Å². The van der Waals surface area contributed by atoms with E-state index in [0.29, 0.717) is 5.82 Å². The first-order valence-corrected chi connectivity index (χ1v) is 19.4. The number of H-pyrrole nitrogens is 1. The van der Waals surface area contributed by atoms with Crippen molar-refractivity contribution < 1.29 is 0 Å². The Hall–Kier alpha value is -7.62. The number of nitrogens with one attached hydrogen (secondary N) is 1. The molecule has 0 atom stereocenters. The van der Waals surface area contributed by atoms with Gasteiger partial charge >= 0.3 is 0 Å². The quantitative estimate of drug-likeness (QED) is 0.173. The number of fused-ring (bicyclic) bond motifs is 5. The molecule has 3 nitrogen and oxygen atoms in total. The smallest absolute Gasteiger partial charge is 0.160 e. The molecule has 1 N–H and O–H groups in total. The van der Waals surface area contributed by atoms with Gasteiger partial charge < -0.3 is 4.98 Å². The molecule has 9 aromatic carbocycles. The molecule has 0 fully saturated rings. The van der Waals surface area contributed by atoms with Crippen molar-refractivity contribution in [3.05, 3.63) is 206 Å². The summed E-state index contributed by atoms with van der Waals surface area (Å²) in [5.74, 6) is 0.693. The SMILES string of the molecule is c1cc(-c2ccc3ccccc3c2)cc(-c2nc(-c3ccc(-c4ccc(-c5[nH]cc6ccccc56)cc4)cc3)cc(-c3cc4ccccc4c4ccccc34)n2)c1. The van der Waals surface area contributed by atoms with Crippen molar-refractivity contribution in [1.82, 2.24) is 15.0 Å². The van der Waals surface area contributed by atoms with Crippen LogP contribution in [0.25, 0.3) is 111 Å². The van der Waals surface area contributed by atoms with Crippen LogP contribution in [0.2, 0.25) is 0 Å². The molecule has 2 aromatic heterocycles. The lowest BCUT2D eigenvalue weighted by molar-refractivity contribution is 1.19. The molecule has 0 saturated carbocycles. The van der Waals surface area contributed by atoms with E-state index in [1.165, 1.54) is 54.2 Å². The topological polar surface area (TPSA) is 41.6 Å². The Morgan fingerprint density at radius 3 is 1.65 bits per heavy atom. The molecule has 0 saturated heterocycles. The second-order valence-electron chi connectivity index (χ2n) is 14.7. The highest BCUT2D eigenvalue weighted by molar-refractivity contribution is 6.13. The zero-order valence-electron chi connectivity index (χ0n) is 31.0. The molecule has 266 valence electrons. The van der Waals surface area contributed by atoms with E-state index in [1.807, 2.05) is 0 Å². The van der Waals surface area contributed by atoms with E-state index < -0.39 is 0 Å². The van der Waals surface area contributed by atoms with Gasteiger partial charge in [-0.2, -0.15) is 0 Å². The molecule has 0 spiro atoms. The zero-order chi connectivity index (χ0) is 37.7. The maximum atomic E-state index is 5.34. The Labute approximate surface area is 330 Å². The molecular formula is C54H35N3. The number of hydrogen-bond donors (Lipinski definition) is 1. The standard InChI is InChI=1S/C54H35N3/c1-2-11-40-30-42(29-24-35(40)10-1)41-14-9-15-44(31-41)54-56-51(33-52(57-54)50-32-43-12-3-5-16-46(43)48-18-7-8-19-49(48)50)38-25-20-36(21-26-38)37-22-27-39(28-23-37)53-47-17-6-4-13-45(47)34-55-53/h1-34,55H. The minimum absolute atomic E-state index is 0.693. The Kier molecular flexibility index (Phi) is 7.82. The Balaban J connectivity index is 1.02. The first kappa shape index (κ1) is 32.8. The fraction of sp³-hybridized carbons (Fsp3) is 0. The first-order chi connectivity index (χ1) is 28.2. The maximum absolute atomic E-state index is 5.34. The molecule has 57 heavy (non-hydrogen) atoms. The van der Waals surface area contributed by atoms with Gasteiger partial charge in [-0.05, 0) is 89.8 Å². The average Bonchev–Trinajstić information content (AvgIpc) is 3.73. The van der Waals surface area contributed by atoms with Crippen molar-refractivity contribution in [3.8, 4) is 67.4 Å². The molecule has 0 aliphatic rings. The largest absolute Gasteiger partial charge is 0.360 e. The number of nitrogens with zero attached hydrogens (tertiary/aromatic N) is 2. The Bertz CT molecular complexity index is 3280. The van der Waals surface area contributed by atoms with Crippen LogP contribution < -0.4 is 0 Å². The minimum atomic E-state index is 0.693. The monoisotopic (exact) mass is 725 g/mol. The van der Waals surface area contributed by atoms with Crippen LogP contribution in [0.5, 0.6) is 0 Å². The van der Waals surface area contributed by atoms with Gasteiger partial charge in [0.2, 0.25) is 0 Å². The number of hydrogen-bond acceptors (Lipinski definition) is 2. The second kappa shape index (κ2) is 13.6. The minimum Gasteiger partial charge on any atom is -0.360 e. The Morgan fingerprint density at radius 2 is 0.860 bits per heavy atom. The van der Waals surface area contributed by atoms with E-state index in [2.05, 4.69) is 211 Å². The number of benzene rings is 9. The molecule has 0 bridgehead atoms. The lowest BCUT2D eigenvalue weighted by Crippen LogP contribution is -1.97. The number of aromatic amines is 1. The summed E-state index contributed by atoms with van der Waals surface area (Å²) in [6.07, 6.45) is 2.07. The van der Waals surface area contributed by atoms with Gasteiger partial charge in [0.05, 0.1) is 17.1 Å². The van der Waals surface area contributed by atoms with E-state index in [0.717, 1.165) is 50.5 Å². The van der Waals surface area contributed by atoms with Gasteiger partial charge in [0.25, 0.3) is 0 Å². The predicted octanol–water partition coefficient (Wildman–Crippen LogP) is 14.4. The highest BCUT2D eigenvalue weighted by Gasteiger charge is 2.16. The summed E-state index contributed by atoms with van der Waals surface area (Å²) in [4.78, 5) is 14.1. The summed E-state index contributed by atoms with van der Waals surface area (Å²) in [6.45, 7) is 0. The van der Waals surface area contributed by atoms with Gasteiger partial charge in [-0.3, -0.25) is 0 Å². The normalized spacial score (nSPS) is 11.5. The fourth-order valence-electron chi connectivity index (χ4n) is 8.31. The molecule has 3 heteroatoms. The molecular weight excluding hydrogens is 691 g/mol. The molecule has 0 unspecified atom stereocenters. The molecule has 0 aliphatic heterocycles. The van der Waals surface area contributed by atoms with Crippen molar-refractivity contribution >= 4 is 43.1 Å². The van der Waals surface area contributed by atoms with Crippen molar-refractivity contribution in [2.75, 3.05) is 0 Å². The number of rotatable bonds is 6. The van der Waals surface area contributed by atoms with Crippen molar-refractivity contribution in [3.63, 3.8) is 0 Å². The molecule has 0 radical (unpaired) electrons. The summed E-state index contributed by atoms with van der Waals surface area (Å²) in [7, 11) is 0. The highest BCUT2D eigenvalue weighted by atomic mass is 14.9. The van der Waals surface area contributed by atoms with Crippen LogP contribution in [0.4, 0.5) is 0 Å². The summed E-state index contributed by atoms with van der Waals surface area (Å²) in [5.41, 5.74) is 11.8. The van der Waals surface area contributed by atoms with Crippen molar-refractivity contribution in [2.45, 2.75) is 0 Å². The third-order valence-electron chi connectivity index (χ3n) is 11.3. The fourth-order valence-corrected chi connectivity index (χ4v) is 8.31. The third-order valence-corrected chi connectivity index (χ3v) is 11.3. The van der Waals surface area contributed by atoms with Crippen LogP contribution in [0, 0.1) is 0 Å². The Morgan fingerprint density at radius 1 is 0.298 bits per heavy atom. The van der Waals surface area contributed by atoms with Crippen LogP contribution in [0.3, 0.4) is 0 Å². The molecule has 0 amide bonds. The zero-order valence-corrected chi connectivity index (χ0v) is 31.0. The second-order valence-corrected chi connectivity index (χ2v) is 14.7. The van der Waals surface area contributed by atoms with E-state index in [1.54, 1.807) is 0 Å². The van der Waals surface area contributed by atoms with Crippen LogP contribution in [0.1, 0.15) is 0 Å².